The van der Waals surface area contributed by atoms with E-state index < -0.39 is 5.91 Å². The molecule has 0 unspecified atom stereocenters. The van der Waals surface area contributed by atoms with Crippen molar-refractivity contribution in [2.45, 2.75) is 6.92 Å². The zero-order valence-corrected chi connectivity index (χ0v) is 10.7. The highest BCUT2D eigenvalue weighted by Gasteiger charge is 2.21. The molecule has 100 valence electrons. The molecule has 0 radical (unpaired) electrons. The topological polar surface area (TPSA) is 107 Å². The Bertz CT molecular complexity index is 597. The van der Waals surface area contributed by atoms with Crippen molar-refractivity contribution in [3.05, 3.63) is 23.8 Å². The standard InChI is InChI=1S/C11H13N5O3/c1-6-7(10-13-4-5-19-10)15-9(12)8(14-6)11(17)16(2)18-3/h4-5H,1-3H3,(H2,12,15). The van der Waals surface area contributed by atoms with E-state index in [0.29, 0.717) is 17.3 Å². The van der Waals surface area contributed by atoms with Crippen molar-refractivity contribution in [3.8, 4) is 11.6 Å². The second-order valence-corrected chi connectivity index (χ2v) is 3.71. The number of hydrogen-bond donors (Lipinski definition) is 1. The Hall–Kier alpha value is -2.48. The van der Waals surface area contributed by atoms with Gasteiger partial charge in [0.2, 0.25) is 5.89 Å². The number of carbonyl (C=O) groups is 1. The lowest BCUT2D eigenvalue weighted by Crippen LogP contribution is -2.28. The number of nitrogen functional groups attached to an aromatic ring is 1. The van der Waals surface area contributed by atoms with E-state index in [9.17, 15) is 4.79 Å². The third-order valence-corrected chi connectivity index (χ3v) is 2.49. The van der Waals surface area contributed by atoms with Crippen molar-refractivity contribution in [2.24, 2.45) is 0 Å². The largest absolute Gasteiger partial charge is 0.443 e. The third-order valence-electron chi connectivity index (χ3n) is 2.49. The highest BCUT2D eigenvalue weighted by atomic mass is 16.7. The molecule has 0 saturated carbocycles. The minimum Gasteiger partial charge on any atom is -0.443 e. The van der Waals surface area contributed by atoms with Crippen LogP contribution in [0.5, 0.6) is 0 Å². The van der Waals surface area contributed by atoms with Crippen molar-refractivity contribution in [1.82, 2.24) is 20.0 Å². The Labute approximate surface area is 109 Å². The maximum absolute atomic E-state index is 11.9. The van der Waals surface area contributed by atoms with Crippen LogP contribution in [-0.4, -0.2) is 40.1 Å². The quantitative estimate of drug-likeness (QED) is 0.810. The van der Waals surface area contributed by atoms with Gasteiger partial charge in [0.25, 0.3) is 5.91 Å². The molecule has 0 atom stereocenters. The summed E-state index contributed by atoms with van der Waals surface area (Å²) >= 11 is 0. The van der Waals surface area contributed by atoms with E-state index in [-0.39, 0.29) is 11.5 Å². The SMILES string of the molecule is CON(C)C(=O)c1nc(C)c(-c2ncco2)nc1N. The molecule has 0 aliphatic rings. The van der Waals surface area contributed by atoms with Crippen molar-refractivity contribution in [1.29, 1.82) is 0 Å². The number of nitrogens with zero attached hydrogens (tertiary/aromatic N) is 4. The molecule has 0 bridgehead atoms. The van der Waals surface area contributed by atoms with Crippen molar-refractivity contribution in [3.63, 3.8) is 0 Å². The molecule has 1 amide bonds. The Morgan fingerprint density at radius 1 is 1.47 bits per heavy atom. The van der Waals surface area contributed by atoms with Crippen LogP contribution in [0.15, 0.2) is 16.9 Å². The number of hydroxylamine groups is 2. The summed E-state index contributed by atoms with van der Waals surface area (Å²) in [5.74, 6) is -0.182. The van der Waals surface area contributed by atoms with E-state index in [0.717, 1.165) is 5.06 Å². The summed E-state index contributed by atoms with van der Waals surface area (Å²) in [6.07, 6.45) is 2.91. The third kappa shape index (κ3) is 2.38. The highest BCUT2D eigenvalue weighted by molar-refractivity contribution is 5.95. The van der Waals surface area contributed by atoms with Crippen LogP contribution in [0.25, 0.3) is 11.6 Å². The van der Waals surface area contributed by atoms with E-state index in [1.807, 2.05) is 0 Å². The lowest BCUT2D eigenvalue weighted by molar-refractivity contribution is -0.0760. The Balaban J connectivity index is 2.46. The molecule has 0 aliphatic heterocycles. The van der Waals surface area contributed by atoms with Gasteiger partial charge in [0.1, 0.15) is 12.0 Å². The number of amides is 1. The van der Waals surface area contributed by atoms with E-state index in [4.69, 9.17) is 15.0 Å². The first kappa shape index (κ1) is 13.0. The predicted octanol–water partition coefficient (Wildman–Crippen LogP) is 0.656. The Kier molecular flexibility index (Phi) is 3.43. The summed E-state index contributed by atoms with van der Waals surface area (Å²) in [4.78, 5) is 28.9. The fourth-order valence-electron chi connectivity index (χ4n) is 1.46. The molecule has 2 N–H and O–H groups in total. The number of aryl methyl sites for hydroxylation is 1. The lowest BCUT2D eigenvalue weighted by atomic mass is 10.3. The summed E-state index contributed by atoms with van der Waals surface area (Å²) in [6.45, 7) is 1.69. The van der Waals surface area contributed by atoms with Gasteiger partial charge in [0.15, 0.2) is 11.5 Å². The van der Waals surface area contributed by atoms with Gasteiger partial charge >= 0.3 is 0 Å². The van der Waals surface area contributed by atoms with Crippen LogP contribution in [0.4, 0.5) is 5.82 Å². The van der Waals surface area contributed by atoms with Gasteiger partial charge in [-0.05, 0) is 6.92 Å². The first-order chi connectivity index (χ1) is 9.04. The molecule has 0 fully saturated rings. The molecular weight excluding hydrogens is 250 g/mol. The zero-order chi connectivity index (χ0) is 14.0. The maximum Gasteiger partial charge on any atom is 0.299 e. The normalized spacial score (nSPS) is 10.5. The average Bonchev–Trinajstić information content (AvgIpc) is 2.93. The number of hydrogen-bond acceptors (Lipinski definition) is 7. The first-order valence-corrected chi connectivity index (χ1v) is 5.40. The summed E-state index contributed by atoms with van der Waals surface area (Å²) in [5, 5.41) is 1.02. The molecule has 2 heterocycles. The number of oxazole rings is 1. The fourth-order valence-corrected chi connectivity index (χ4v) is 1.46. The first-order valence-electron chi connectivity index (χ1n) is 5.40. The van der Waals surface area contributed by atoms with Crippen LogP contribution in [-0.2, 0) is 4.84 Å². The van der Waals surface area contributed by atoms with Crippen molar-refractivity contribution < 1.29 is 14.0 Å². The van der Waals surface area contributed by atoms with Gasteiger partial charge in [-0.2, -0.15) is 0 Å². The minimum absolute atomic E-state index is 0.00676. The number of anilines is 1. The van der Waals surface area contributed by atoms with Crippen molar-refractivity contribution in [2.75, 3.05) is 19.9 Å². The van der Waals surface area contributed by atoms with Gasteiger partial charge in [-0.1, -0.05) is 0 Å². The number of carbonyl (C=O) groups excluding carboxylic acids is 1. The highest BCUT2D eigenvalue weighted by Crippen LogP contribution is 2.21. The minimum atomic E-state index is -0.477. The molecule has 0 aliphatic carbocycles. The van der Waals surface area contributed by atoms with Gasteiger partial charge in [0, 0.05) is 7.05 Å². The molecule has 2 rings (SSSR count). The number of aromatic nitrogens is 3. The van der Waals surface area contributed by atoms with Crippen LogP contribution in [0, 0.1) is 6.92 Å². The van der Waals surface area contributed by atoms with Gasteiger partial charge in [-0.3, -0.25) is 9.63 Å². The lowest BCUT2D eigenvalue weighted by Gasteiger charge is -2.14. The Morgan fingerprint density at radius 2 is 2.21 bits per heavy atom. The van der Waals surface area contributed by atoms with Crippen molar-refractivity contribution >= 4 is 11.7 Å². The smallest absolute Gasteiger partial charge is 0.299 e. The molecule has 8 nitrogen and oxygen atoms in total. The van der Waals surface area contributed by atoms with Crippen LogP contribution in [0.2, 0.25) is 0 Å². The predicted molar refractivity (Wildman–Crippen MR) is 65.8 cm³/mol. The average molecular weight is 263 g/mol. The maximum atomic E-state index is 11.9. The van der Waals surface area contributed by atoms with E-state index in [2.05, 4.69) is 15.0 Å². The van der Waals surface area contributed by atoms with Gasteiger partial charge in [0.05, 0.1) is 19.0 Å². The molecule has 8 heteroatoms. The van der Waals surface area contributed by atoms with Crippen LogP contribution in [0.3, 0.4) is 0 Å². The van der Waals surface area contributed by atoms with E-state index in [1.165, 1.54) is 26.6 Å². The second-order valence-electron chi connectivity index (χ2n) is 3.71. The summed E-state index contributed by atoms with van der Waals surface area (Å²) in [6, 6.07) is 0. The number of nitrogens with two attached hydrogens (primary N) is 1. The van der Waals surface area contributed by atoms with Gasteiger partial charge in [-0.25, -0.2) is 20.0 Å². The van der Waals surface area contributed by atoms with Crippen LogP contribution < -0.4 is 5.73 Å². The zero-order valence-electron chi connectivity index (χ0n) is 10.7. The molecule has 2 aromatic rings. The molecule has 0 saturated heterocycles. The molecule has 0 spiro atoms. The number of rotatable bonds is 3. The fraction of sp³-hybridized carbons (Fsp3) is 0.273. The molecule has 2 aromatic heterocycles. The Morgan fingerprint density at radius 3 is 2.79 bits per heavy atom. The summed E-state index contributed by atoms with van der Waals surface area (Å²) in [7, 11) is 2.83. The van der Waals surface area contributed by atoms with Crippen LogP contribution >= 0.6 is 0 Å². The summed E-state index contributed by atoms with van der Waals surface area (Å²) < 4.78 is 5.14. The van der Waals surface area contributed by atoms with E-state index >= 15 is 0 Å². The van der Waals surface area contributed by atoms with E-state index in [1.54, 1.807) is 6.92 Å². The van der Waals surface area contributed by atoms with Gasteiger partial charge in [-0.15, -0.1) is 0 Å². The van der Waals surface area contributed by atoms with Gasteiger partial charge < -0.3 is 10.2 Å². The summed E-state index contributed by atoms with van der Waals surface area (Å²) in [5.41, 5.74) is 6.66. The monoisotopic (exact) mass is 263 g/mol. The van der Waals surface area contributed by atoms with Crippen LogP contribution in [0.1, 0.15) is 16.2 Å². The molecule has 0 aromatic carbocycles. The molecular formula is C11H13N5O3. The molecule has 19 heavy (non-hydrogen) atoms. The second kappa shape index (κ2) is 5.02.